The minimum Gasteiger partial charge on any atom is -0.347 e. The zero-order chi connectivity index (χ0) is 20.3. The summed E-state index contributed by atoms with van der Waals surface area (Å²) < 4.78 is 3.82. The van der Waals surface area contributed by atoms with Gasteiger partial charge in [0.05, 0.1) is 0 Å². The molecule has 2 saturated carbocycles. The van der Waals surface area contributed by atoms with E-state index in [2.05, 4.69) is 55.5 Å². The van der Waals surface area contributed by atoms with Crippen molar-refractivity contribution in [2.45, 2.75) is 95.2 Å². The molecule has 2 heterocycles. The molecule has 1 aliphatic heterocycles. The summed E-state index contributed by atoms with van der Waals surface area (Å²) in [7, 11) is 0. The van der Waals surface area contributed by atoms with Gasteiger partial charge in [-0.1, -0.05) is 35.2 Å². The van der Waals surface area contributed by atoms with E-state index in [0.717, 1.165) is 23.9 Å². The molecule has 0 unspecified atom stereocenters. The molecule has 164 valence electrons. The summed E-state index contributed by atoms with van der Waals surface area (Å²) in [5, 5.41) is 8.97. The Labute approximate surface area is 190 Å². The lowest BCUT2D eigenvalue weighted by Crippen LogP contribution is -2.45. The van der Waals surface area contributed by atoms with Crippen LogP contribution in [0.2, 0.25) is 0 Å². The normalized spacial score (nSPS) is 27.0. The van der Waals surface area contributed by atoms with Crippen molar-refractivity contribution in [2.24, 2.45) is 5.92 Å². The molecule has 1 saturated heterocycles. The van der Waals surface area contributed by atoms with Crippen LogP contribution in [0.3, 0.4) is 0 Å². The van der Waals surface area contributed by atoms with E-state index in [0.29, 0.717) is 0 Å². The average Bonchev–Trinajstić information content (AvgIpc) is 3.13. The lowest BCUT2D eigenvalue weighted by molar-refractivity contribution is 0.284. The first kappa shape index (κ1) is 21.0. The number of rotatable bonds is 5. The molecule has 1 aromatic heterocycles. The smallest absolute Gasteiger partial charge is 0.0484 e. The highest BCUT2D eigenvalue weighted by Gasteiger charge is 2.27. The monoisotopic (exact) mass is 471 g/mol. The van der Waals surface area contributed by atoms with Gasteiger partial charge in [0.25, 0.3) is 0 Å². The van der Waals surface area contributed by atoms with Crippen molar-refractivity contribution in [3.05, 3.63) is 34.4 Å². The number of hydrogen-bond donors (Lipinski definition) is 2. The fourth-order valence-electron chi connectivity index (χ4n) is 6.31. The zero-order valence-electron chi connectivity index (χ0n) is 18.3. The molecule has 2 N–H and O–H groups in total. The average molecular weight is 473 g/mol. The molecule has 0 atom stereocenters. The number of fused-ring (bicyclic) bond motifs is 1. The van der Waals surface area contributed by atoms with Crippen LogP contribution in [0.4, 0.5) is 0 Å². The van der Waals surface area contributed by atoms with Gasteiger partial charge in [0, 0.05) is 40.2 Å². The quantitative estimate of drug-likeness (QED) is 0.531. The highest BCUT2D eigenvalue weighted by molar-refractivity contribution is 9.10. The van der Waals surface area contributed by atoms with E-state index >= 15 is 0 Å². The number of halogens is 1. The first-order valence-electron chi connectivity index (χ1n) is 12.5. The largest absolute Gasteiger partial charge is 0.347 e. The minimum absolute atomic E-state index is 0.723. The van der Waals surface area contributed by atoms with Crippen LogP contribution in [-0.2, 0) is 6.54 Å². The van der Waals surface area contributed by atoms with Crippen LogP contribution in [0.1, 0.15) is 82.1 Å². The SMILES string of the molecule is Brc1ccc2c(c1)c(C1CCC(NC3CCNCC3)CC1)cn2CC1CCCCC1. The second-order valence-electron chi connectivity index (χ2n) is 10.1. The predicted octanol–water partition coefficient (Wildman–Crippen LogP) is 6.35. The summed E-state index contributed by atoms with van der Waals surface area (Å²) in [6.45, 7) is 3.58. The van der Waals surface area contributed by atoms with Crippen molar-refractivity contribution >= 4 is 26.8 Å². The van der Waals surface area contributed by atoms with Crippen molar-refractivity contribution in [3.8, 4) is 0 Å². The molecule has 0 radical (unpaired) electrons. The highest BCUT2D eigenvalue weighted by Crippen LogP contribution is 2.39. The van der Waals surface area contributed by atoms with E-state index in [9.17, 15) is 0 Å². The van der Waals surface area contributed by atoms with Gasteiger partial charge < -0.3 is 15.2 Å². The number of hydrogen-bond acceptors (Lipinski definition) is 2. The van der Waals surface area contributed by atoms with Crippen LogP contribution in [0.25, 0.3) is 10.9 Å². The zero-order valence-corrected chi connectivity index (χ0v) is 19.9. The standard InChI is InChI=1S/C26H38BrN3/c27-21-8-11-26-24(16-21)25(18-30(26)17-19-4-2-1-3-5-19)20-6-9-22(10-7-20)29-23-12-14-28-15-13-23/h8,11,16,18-20,22-23,28-29H,1-7,9-10,12-15,17H2. The van der Waals surface area contributed by atoms with Crippen molar-refractivity contribution in [2.75, 3.05) is 13.1 Å². The fourth-order valence-corrected chi connectivity index (χ4v) is 6.68. The van der Waals surface area contributed by atoms with Gasteiger partial charge >= 0.3 is 0 Å². The third-order valence-corrected chi connectivity index (χ3v) is 8.52. The summed E-state index contributed by atoms with van der Waals surface area (Å²) >= 11 is 3.74. The highest BCUT2D eigenvalue weighted by atomic mass is 79.9. The lowest BCUT2D eigenvalue weighted by atomic mass is 9.81. The van der Waals surface area contributed by atoms with E-state index in [1.165, 1.54) is 106 Å². The Morgan fingerprint density at radius 3 is 2.40 bits per heavy atom. The molecule has 4 heteroatoms. The Bertz CT molecular complexity index is 824. The number of benzene rings is 1. The summed E-state index contributed by atoms with van der Waals surface area (Å²) in [5.74, 6) is 1.59. The summed E-state index contributed by atoms with van der Waals surface area (Å²) in [6, 6.07) is 8.41. The maximum absolute atomic E-state index is 3.98. The lowest BCUT2D eigenvalue weighted by Gasteiger charge is -2.34. The first-order valence-corrected chi connectivity index (χ1v) is 13.3. The van der Waals surface area contributed by atoms with Crippen molar-refractivity contribution in [1.82, 2.24) is 15.2 Å². The molecule has 3 fully saturated rings. The Morgan fingerprint density at radius 1 is 0.900 bits per heavy atom. The van der Waals surface area contributed by atoms with Gasteiger partial charge in [0.15, 0.2) is 0 Å². The van der Waals surface area contributed by atoms with E-state index in [1.807, 2.05) is 0 Å². The fraction of sp³-hybridized carbons (Fsp3) is 0.692. The molecule has 0 bridgehead atoms. The van der Waals surface area contributed by atoms with Gasteiger partial charge in [-0.2, -0.15) is 0 Å². The molecule has 5 rings (SSSR count). The first-order chi connectivity index (χ1) is 14.8. The Kier molecular flexibility index (Phi) is 6.83. The number of aromatic nitrogens is 1. The molecule has 2 aliphatic carbocycles. The van der Waals surface area contributed by atoms with Gasteiger partial charge in [-0.25, -0.2) is 0 Å². The van der Waals surface area contributed by atoms with Gasteiger partial charge in [0.1, 0.15) is 0 Å². The third kappa shape index (κ3) is 4.81. The Morgan fingerprint density at radius 2 is 1.63 bits per heavy atom. The van der Waals surface area contributed by atoms with Crippen LogP contribution in [0, 0.1) is 5.92 Å². The maximum atomic E-state index is 3.98. The molecule has 3 aliphatic rings. The van der Waals surface area contributed by atoms with Crippen LogP contribution >= 0.6 is 15.9 Å². The van der Waals surface area contributed by atoms with Gasteiger partial charge in [-0.3, -0.25) is 0 Å². The van der Waals surface area contributed by atoms with E-state index in [-0.39, 0.29) is 0 Å². The topological polar surface area (TPSA) is 29.0 Å². The van der Waals surface area contributed by atoms with Gasteiger partial charge in [-0.05, 0) is 100 Å². The van der Waals surface area contributed by atoms with Crippen LogP contribution < -0.4 is 10.6 Å². The van der Waals surface area contributed by atoms with E-state index in [4.69, 9.17) is 0 Å². The van der Waals surface area contributed by atoms with Crippen LogP contribution in [-0.4, -0.2) is 29.7 Å². The van der Waals surface area contributed by atoms with Crippen molar-refractivity contribution < 1.29 is 0 Å². The molecule has 0 amide bonds. The molecule has 3 nitrogen and oxygen atoms in total. The maximum Gasteiger partial charge on any atom is 0.0484 e. The molecular weight excluding hydrogens is 434 g/mol. The van der Waals surface area contributed by atoms with Crippen LogP contribution in [0.5, 0.6) is 0 Å². The number of nitrogens with one attached hydrogen (secondary N) is 2. The summed E-state index contributed by atoms with van der Waals surface area (Å²) in [4.78, 5) is 0. The van der Waals surface area contributed by atoms with E-state index < -0.39 is 0 Å². The predicted molar refractivity (Wildman–Crippen MR) is 130 cm³/mol. The Balaban J connectivity index is 1.29. The molecule has 30 heavy (non-hydrogen) atoms. The van der Waals surface area contributed by atoms with Gasteiger partial charge in [-0.15, -0.1) is 0 Å². The third-order valence-electron chi connectivity index (χ3n) is 8.03. The molecule has 1 aromatic carbocycles. The molecule has 2 aromatic rings. The second kappa shape index (κ2) is 9.75. The van der Waals surface area contributed by atoms with Crippen LogP contribution in [0.15, 0.2) is 28.9 Å². The number of piperidine rings is 1. The minimum atomic E-state index is 0.723. The molecular formula is C26H38BrN3. The molecule has 0 spiro atoms. The van der Waals surface area contributed by atoms with Crippen molar-refractivity contribution in [3.63, 3.8) is 0 Å². The van der Waals surface area contributed by atoms with Crippen molar-refractivity contribution in [1.29, 1.82) is 0 Å². The summed E-state index contributed by atoms with van der Waals surface area (Å²) in [6.07, 6.45) is 17.6. The van der Waals surface area contributed by atoms with E-state index in [1.54, 1.807) is 5.56 Å². The number of nitrogens with zero attached hydrogens (tertiary/aromatic N) is 1. The van der Waals surface area contributed by atoms with Gasteiger partial charge in [0.2, 0.25) is 0 Å². The Hall–Kier alpha value is -0.840. The summed E-state index contributed by atoms with van der Waals surface area (Å²) in [5.41, 5.74) is 3.07. The second-order valence-corrected chi connectivity index (χ2v) is 11.1.